The van der Waals surface area contributed by atoms with Crippen LogP contribution in [0.3, 0.4) is 0 Å². The van der Waals surface area contributed by atoms with Gasteiger partial charge in [-0.3, -0.25) is 0 Å². The van der Waals surface area contributed by atoms with Crippen LogP contribution in [0, 0.1) is 13.8 Å². The van der Waals surface area contributed by atoms with Gasteiger partial charge in [0.1, 0.15) is 11.9 Å². The lowest BCUT2D eigenvalue weighted by molar-refractivity contribution is 0.315. The molecule has 0 aliphatic rings. The van der Waals surface area contributed by atoms with Crippen LogP contribution in [0.15, 0.2) is 65.8 Å². The maximum Gasteiger partial charge on any atom is 0.107 e. The van der Waals surface area contributed by atoms with Gasteiger partial charge < -0.3 is 9.77 Å². The normalized spacial score (nSPS) is 13.0. The summed E-state index contributed by atoms with van der Waals surface area (Å²) >= 11 is 0. The minimum atomic E-state index is -0.201. The second-order valence-corrected chi connectivity index (χ2v) is 5.88. The minimum Gasteiger partial charge on any atom is -0.411 e. The summed E-state index contributed by atoms with van der Waals surface area (Å²) in [4.78, 5) is 4.68. The lowest BCUT2D eigenvalue weighted by atomic mass is 10.0. The second-order valence-electron chi connectivity index (χ2n) is 5.88. The van der Waals surface area contributed by atoms with Crippen molar-refractivity contribution in [3.05, 3.63) is 77.7 Å². The average Bonchev–Trinajstić information content (AvgIpc) is 2.91. The van der Waals surface area contributed by atoms with E-state index in [9.17, 15) is 5.21 Å². The SMILES string of the molecule is C/C(=N/O)[C@H](c1ccccc1)n1c(C)nc(C)c1-c1ccccc1. The highest BCUT2D eigenvalue weighted by Crippen LogP contribution is 2.32. The van der Waals surface area contributed by atoms with Crippen LogP contribution >= 0.6 is 0 Å². The molecule has 1 atom stereocenters. The summed E-state index contributed by atoms with van der Waals surface area (Å²) in [6.45, 7) is 5.83. The Labute approximate surface area is 142 Å². The van der Waals surface area contributed by atoms with E-state index in [0.717, 1.165) is 28.3 Å². The molecule has 24 heavy (non-hydrogen) atoms. The highest BCUT2D eigenvalue weighted by atomic mass is 16.4. The molecule has 0 unspecified atom stereocenters. The van der Waals surface area contributed by atoms with E-state index in [1.807, 2.05) is 69.3 Å². The molecule has 3 rings (SSSR count). The molecular formula is C20H21N3O. The minimum absolute atomic E-state index is 0.201. The third-order valence-corrected chi connectivity index (χ3v) is 4.24. The second kappa shape index (κ2) is 6.71. The molecule has 2 aromatic carbocycles. The van der Waals surface area contributed by atoms with E-state index in [1.54, 1.807) is 0 Å². The van der Waals surface area contributed by atoms with E-state index < -0.39 is 0 Å². The van der Waals surface area contributed by atoms with Crippen LogP contribution in [-0.4, -0.2) is 20.5 Å². The van der Waals surface area contributed by atoms with E-state index in [0.29, 0.717) is 5.71 Å². The smallest absolute Gasteiger partial charge is 0.107 e. The fourth-order valence-electron chi connectivity index (χ4n) is 3.21. The highest BCUT2D eigenvalue weighted by Gasteiger charge is 2.24. The number of rotatable bonds is 4. The van der Waals surface area contributed by atoms with Gasteiger partial charge in [-0.05, 0) is 26.3 Å². The summed E-state index contributed by atoms with van der Waals surface area (Å²) in [5, 5.41) is 12.9. The molecule has 4 heteroatoms. The molecule has 122 valence electrons. The van der Waals surface area contributed by atoms with Gasteiger partial charge in [-0.2, -0.15) is 0 Å². The molecule has 0 bridgehead atoms. The van der Waals surface area contributed by atoms with Crippen molar-refractivity contribution in [2.24, 2.45) is 5.16 Å². The van der Waals surface area contributed by atoms with Crippen LogP contribution in [0.4, 0.5) is 0 Å². The molecule has 0 fully saturated rings. The molecule has 0 aliphatic carbocycles. The van der Waals surface area contributed by atoms with E-state index >= 15 is 0 Å². The summed E-state index contributed by atoms with van der Waals surface area (Å²) in [6.07, 6.45) is 0. The van der Waals surface area contributed by atoms with Crippen LogP contribution in [0.5, 0.6) is 0 Å². The van der Waals surface area contributed by atoms with Crippen molar-refractivity contribution in [1.29, 1.82) is 0 Å². The monoisotopic (exact) mass is 319 g/mol. The predicted molar refractivity (Wildman–Crippen MR) is 96.6 cm³/mol. The third-order valence-electron chi connectivity index (χ3n) is 4.24. The van der Waals surface area contributed by atoms with Crippen LogP contribution in [0.2, 0.25) is 0 Å². The van der Waals surface area contributed by atoms with Gasteiger partial charge in [0.15, 0.2) is 0 Å². The topological polar surface area (TPSA) is 50.4 Å². The summed E-state index contributed by atoms with van der Waals surface area (Å²) in [5.74, 6) is 0.892. The molecular weight excluding hydrogens is 298 g/mol. The van der Waals surface area contributed by atoms with Crippen molar-refractivity contribution in [3.8, 4) is 11.3 Å². The van der Waals surface area contributed by atoms with E-state index in [2.05, 4.69) is 26.8 Å². The fraction of sp³-hybridized carbons (Fsp3) is 0.200. The number of benzene rings is 2. The summed E-state index contributed by atoms with van der Waals surface area (Å²) in [7, 11) is 0. The summed E-state index contributed by atoms with van der Waals surface area (Å²) in [5.41, 5.74) is 4.79. The largest absolute Gasteiger partial charge is 0.411 e. The Morgan fingerprint density at radius 2 is 1.58 bits per heavy atom. The Balaban J connectivity index is 2.27. The lowest BCUT2D eigenvalue weighted by Gasteiger charge is -2.23. The van der Waals surface area contributed by atoms with Gasteiger partial charge in [0.25, 0.3) is 0 Å². The first-order valence-electron chi connectivity index (χ1n) is 7.97. The van der Waals surface area contributed by atoms with Gasteiger partial charge >= 0.3 is 0 Å². The van der Waals surface area contributed by atoms with Crippen molar-refractivity contribution in [1.82, 2.24) is 9.55 Å². The van der Waals surface area contributed by atoms with Crippen molar-refractivity contribution >= 4 is 5.71 Å². The van der Waals surface area contributed by atoms with Crippen molar-refractivity contribution < 1.29 is 5.21 Å². The first kappa shape index (κ1) is 16.0. The molecule has 3 aromatic rings. The molecule has 0 aliphatic heterocycles. The van der Waals surface area contributed by atoms with Crippen LogP contribution in [-0.2, 0) is 0 Å². The van der Waals surface area contributed by atoms with Crippen LogP contribution in [0.25, 0.3) is 11.3 Å². The molecule has 0 saturated heterocycles. The quantitative estimate of drug-likeness (QED) is 0.434. The maximum atomic E-state index is 9.44. The van der Waals surface area contributed by atoms with Crippen LogP contribution in [0.1, 0.15) is 30.0 Å². The standard InChI is InChI=1S/C20H21N3O/c1-14-19(17-10-6-4-7-11-17)23(16(3)21-14)20(15(2)22-24)18-12-8-5-9-13-18/h4-13,20,24H,1-3H3/b22-15-/t20-/m1/s1. The van der Waals surface area contributed by atoms with Crippen molar-refractivity contribution in [2.75, 3.05) is 0 Å². The Hall–Kier alpha value is -2.88. The Morgan fingerprint density at radius 1 is 1.00 bits per heavy atom. The van der Waals surface area contributed by atoms with Gasteiger partial charge in [-0.1, -0.05) is 65.8 Å². The number of aromatic nitrogens is 2. The molecule has 4 nitrogen and oxygen atoms in total. The number of nitrogens with zero attached hydrogens (tertiary/aromatic N) is 3. The molecule has 0 amide bonds. The Kier molecular flexibility index (Phi) is 4.47. The first-order chi connectivity index (χ1) is 11.6. The number of imidazole rings is 1. The number of oxime groups is 1. The molecule has 0 spiro atoms. The molecule has 0 radical (unpaired) electrons. The Bertz CT molecular complexity index is 851. The molecule has 1 N–H and O–H groups in total. The number of aryl methyl sites for hydroxylation is 2. The number of hydrogen-bond donors (Lipinski definition) is 1. The number of hydrogen-bond acceptors (Lipinski definition) is 3. The van der Waals surface area contributed by atoms with Crippen LogP contribution < -0.4 is 0 Å². The Morgan fingerprint density at radius 3 is 2.17 bits per heavy atom. The zero-order chi connectivity index (χ0) is 17.1. The molecule has 0 saturated carbocycles. The van der Waals surface area contributed by atoms with Gasteiger partial charge in [0.05, 0.1) is 17.1 Å². The van der Waals surface area contributed by atoms with Gasteiger partial charge in [-0.25, -0.2) is 4.98 Å². The lowest BCUT2D eigenvalue weighted by Crippen LogP contribution is -2.21. The fourth-order valence-corrected chi connectivity index (χ4v) is 3.21. The van der Waals surface area contributed by atoms with Gasteiger partial charge in [0, 0.05) is 5.56 Å². The zero-order valence-corrected chi connectivity index (χ0v) is 14.1. The first-order valence-corrected chi connectivity index (χ1v) is 7.97. The van der Waals surface area contributed by atoms with E-state index in [4.69, 9.17) is 0 Å². The van der Waals surface area contributed by atoms with Crippen molar-refractivity contribution in [2.45, 2.75) is 26.8 Å². The molecule has 1 aromatic heterocycles. The van der Waals surface area contributed by atoms with Gasteiger partial charge in [-0.15, -0.1) is 0 Å². The van der Waals surface area contributed by atoms with Gasteiger partial charge in [0.2, 0.25) is 0 Å². The average molecular weight is 319 g/mol. The predicted octanol–water partition coefficient (Wildman–Crippen LogP) is 4.61. The zero-order valence-electron chi connectivity index (χ0n) is 14.1. The third kappa shape index (κ3) is 2.83. The van der Waals surface area contributed by atoms with Crippen molar-refractivity contribution in [3.63, 3.8) is 0 Å². The van der Waals surface area contributed by atoms with E-state index in [1.165, 1.54) is 0 Å². The maximum absolute atomic E-state index is 9.44. The van der Waals surface area contributed by atoms with E-state index in [-0.39, 0.29) is 6.04 Å². The summed E-state index contributed by atoms with van der Waals surface area (Å²) < 4.78 is 2.15. The highest BCUT2D eigenvalue weighted by molar-refractivity contribution is 5.89. The molecule has 1 heterocycles. The summed E-state index contributed by atoms with van der Waals surface area (Å²) in [6, 6.07) is 20.1.